The number of hydrogen-bond donors (Lipinski definition) is 0. The maximum Gasteiger partial charge on any atom is 0.632 e. The first-order valence-electron chi connectivity index (χ1n) is 6.41. The van der Waals surface area contributed by atoms with Gasteiger partial charge in [0, 0.05) is 0 Å². The molecule has 104 valence electrons. The van der Waals surface area contributed by atoms with Crippen LogP contribution in [0.25, 0.3) is 0 Å². The van der Waals surface area contributed by atoms with Gasteiger partial charge < -0.3 is 14.0 Å². The Kier molecular flexibility index (Phi) is 3.46. The molecule has 1 aromatic carbocycles. The lowest BCUT2D eigenvalue weighted by atomic mass is 9.80. The summed E-state index contributed by atoms with van der Waals surface area (Å²) in [5.74, 6) is -0.848. The Hall–Kier alpha value is -1.86. The Balaban J connectivity index is 1.68. The van der Waals surface area contributed by atoms with Crippen LogP contribution in [0.1, 0.15) is 11.7 Å². The summed E-state index contributed by atoms with van der Waals surface area (Å²) in [5.41, 5.74) is 0.976. The molecule has 2 heterocycles. The van der Waals surface area contributed by atoms with Crippen molar-refractivity contribution in [1.29, 1.82) is 0 Å². The summed E-state index contributed by atoms with van der Waals surface area (Å²) < 4.78 is 15.8. The Morgan fingerprint density at radius 1 is 1.10 bits per heavy atom. The molecule has 0 aromatic heterocycles. The Morgan fingerprint density at radius 3 is 2.30 bits per heavy atom. The van der Waals surface area contributed by atoms with Gasteiger partial charge >= 0.3 is 19.1 Å². The zero-order valence-electron chi connectivity index (χ0n) is 11.0. The van der Waals surface area contributed by atoms with Crippen molar-refractivity contribution in [2.45, 2.75) is 12.1 Å². The van der Waals surface area contributed by atoms with Crippen LogP contribution in [0.3, 0.4) is 0 Å². The molecular formula is C13H14BNO5. The second-order valence-corrected chi connectivity index (χ2v) is 4.95. The van der Waals surface area contributed by atoms with Gasteiger partial charge in [-0.05, 0) is 12.6 Å². The van der Waals surface area contributed by atoms with E-state index in [4.69, 9.17) is 14.0 Å². The summed E-state index contributed by atoms with van der Waals surface area (Å²) in [5, 5.41) is 0. The van der Waals surface area contributed by atoms with Crippen LogP contribution in [0.5, 0.6) is 0 Å². The van der Waals surface area contributed by atoms with Crippen LogP contribution >= 0.6 is 0 Å². The molecule has 0 N–H and O–H groups in total. The van der Waals surface area contributed by atoms with Gasteiger partial charge in [-0.15, -0.1) is 0 Å². The minimum Gasteiger partial charge on any atom is -0.496 e. The lowest BCUT2D eigenvalue weighted by Gasteiger charge is -2.21. The Labute approximate surface area is 116 Å². The SMILES string of the molecule is CN1CC(=O)OB([C@H]2O[C@@H]2c2ccccc2)OC(=O)C1. The van der Waals surface area contributed by atoms with Crippen LogP contribution < -0.4 is 0 Å². The van der Waals surface area contributed by atoms with E-state index in [2.05, 4.69) is 0 Å². The van der Waals surface area contributed by atoms with Crippen molar-refractivity contribution in [1.82, 2.24) is 4.90 Å². The van der Waals surface area contributed by atoms with E-state index in [1.54, 1.807) is 11.9 Å². The summed E-state index contributed by atoms with van der Waals surface area (Å²) in [6.45, 7) is 0.128. The number of likely N-dealkylation sites (N-methyl/N-ethyl adjacent to an activating group) is 1. The van der Waals surface area contributed by atoms with Gasteiger partial charge in [-0.3, -0.25) is 14.5 Å². The molecule has 0 saturated carbocycles. The highest BCUT2D eigenvalue weighted by atomic mass is 16.7. The second kappa shape index (κ2) is 5.26. The van der Waals surface area contributed by atoms with Gasteiger partial charge in [0.1, 0.15) is 6.10 Å². The largest absolute Gasteiger partial charge is 0.632 e. The number of rotatable bonds is 2. The summed E-state index contributed by atoms with van der Waals surface area (Å²) in [7, 11) is 0.692. The van der Waals surface area contributed by atoms with Crippen LogP contribution in [-0.4, -0.2) is 50.1 Å². The number of carbonyl (C=O) groups is 2. The molecule has 2 fully saturated rings. The maximum atomic E-state index is 11.6. The number of epoxide rings is 1. The molecule has 0 unspecified atom stereocenters. The predicted molar refractivity (Wildman–Crippen MR) is 69.5 cm³/mol. The minimum absolute atomic E-state index is 0.0638. The highest BCUT2D eigenvalue weighted by molar-refractivity contribution is 6.51. The molecule has 1 aromatic rings. The smallest absolute Gasteiger partial charge is 0.496 e. The highest BCUT2D eigenvalue weighted by Gasteiger charge is 2.56. The maximum absolute atomic E-state index is 11.6. The molecule has 6 nitrogen and oxygen atoms in total. The number of nitrogens with zero attached hydrogens (tertiary/aromatic N) is 1. The van der Waals surface area contributed by atoms with Crippen molar-refractivity contribution in [3.05, 3.63) is 35.9 Å². The summed E-state index contributed by atoms with van der Waals surface area (Å²) >= 11 is 0. The fourth-order valence-corrected chi connectivity index (χ4v) is 2.23. The minimum atomic E-state index is -0.964. The van der Waals surface area contributed by atoms with Gasteiger partial charge in [-0.2, -0.15) is 0 Å². The van der Waals surface area contributed by atoms with E-state index in [9.17, 15) is 9.59 Å². The van der Waals surface area contributed by atoms with Crippen LogP contribution in [-0.2, 0) is 23.6 Å². The molecule has 3 rings (SSSR count). The lowest BCUT2D eigenvalue weighted by molar-refractivity contribution is -0.145. The average Bonchev–Trinajstić information content (AvgIpc) is 3.17. The van der Waals surface area contributed by atoms with E-state index >= 15 is 0 Å². The third-order valence-electron chi connectivity index (χ3n) is 3.22. The molecule has 0 bridgehead atoms. The molecule has 0 spiro atoms. The third kappa shape index (κ3) is 2.83. The van der Waals surface area contributed by atoms with Crippen LogP contribution in [0.15, 0.2) is 30.3 Å². The Bertz CT molecular complexity index is 503. The lowest BCUT2D eigenvalue weighted by Crippen LogP contribution is -2.45. The molecule has 0 radical (unpaired) electrons. The van der Waals surface area contributed by atoms with E-state index in [0.29, 0.717) is 0 Å². The monoisotopic (exact) mass is 275 g/mol. The molecule has 2 aliphatic rings. The van der Waals surface area contributed by atoms with Crippen molar-refractivity contribution in [2.75, 3.05) is 20.1 Å². The first-order valence-corrected chi connectivity index (χ1v) is 6.41. The quantitative estimate of drug-likeness (QED) is 0.566. The molecular weight excluding hydrogens is 261 g/mol. The molecule has 0 amide bonds. The van der Waals surface area contributed by atoms with Crippen molar-refractivity contribution >= 4 is 19.1 Å². The first kappa shape index (κ1) is 13.1. The normalized spacial score (nSPS) is 27.4. The van der Waals surface area contributed by atoms with Gasteiger partial charge in [0.05, 0.1) is 13.1 Å². The first-order chi connectivity index (χ1) is 9.63. The molecule has 0 aliphatic carbocycles. The van der Waals surface area contributed by atoms with E-state index in [0.717, 1.165) is 5.56 Å². The predicted octanol–water partition coefficient (Wildman–Crippen LogP) is 0.186. The van der Waals surface area contributed by atoms with Crippen LogP contribution in [0, 0.1) is 0 Å². The van der Waals surface area contributed by atoms with Crippen molar-refractivity contribution in [3.63, 3.8) is 0 Å². The number of benzene rings is 1. The van der Waals surface area contributed by atoms with E-state index < -0.39 is 25.1 Å². The summed E-state index contributed by atoms with van der Waals surface area (Å²) in [4.78, 5) is 24.8. The Morgan fingerprint density at radius 2 is 1.70 bits per heavy atom. The molecule has 20 heavy (non-hydrogen) atoms. The van der Waals surface area contributed by atoms with E-state index in [1.165, 1.54) is 0 Å². The number of carbonyl (C=O) groups excluding carboxylic acids is 2. The van der Waals surface area contributed by atoms with Crippen molar-refractivity contribution in [2.24, 2.45) is 0 Å². The topological polar surface area (TPSA) is 68.4 Å². The van der Waals surface area contributed by atoms with Crippen LogP contribution in [0.2, 0.25) is 0 Å². The summed E-state index contributed by atoms with van der Waals surface area (Å²) in [6, 6.07) is 9.13. The van der Waals surface area contributed by atoms with Gasteiger partial charge in [0.15, 0.2) is 6.00 Å². The van der Waals surface area contributed by atoms with Crippen molar-refractivity contribution in [3.8, 4) is 0 Å². The fourth-order valence-electron chi connectivity index (χ4n) is 2.23. The molecule has 7 heteroatoms. The number of hydrogen-bond acceptors (Lipinski definition) is 6. The van der Waals surface area contributed by atoms with E-state index in [-0.39, 0.29) is 19.2 Å². The van der Waals surface area contributed by atoms with Crippen molar-refractivity contribution < 1.29 is 23.6 Å². The van der Waals surface area contributed by atoms with Gasteiger partial charge in [0.2, 0.25) is 0 Å². The average molecular weight is 275 g/mol. The second-order valence-electron chi connectivity index (χ2n) is 4.95. The molecule has 2 aliphatic heterocycles. The summed E-state index contributed by atoms with van der Waals surface area (Å²) in [6.07, 6.45) is -0.195. The zero-order valence-corrected chi connectivity index (χ0v) is 11.0. The molecule has 2 atom stereocenters. The van der Waals surface area contributed by atoms with Gasteiger partial charge in [0.25, 0.3) is 0 Å². The van der Waals surface area contributed by atoms with Gasteiger partial charge in [-0.25, -0.2) is 0 Å². The fraction of sp³-hybridized carbons (Fsp3) is 0.385. The van der Waals surface area contributed by atoms with E-state index in [1.807, 2.05) is 30.3 Å². The zero-order chi connectivity index (χ0) is 14.1. The standard InChI is InChI=1S/C13H14BNO5/c1-15-7-10(16)19-14(20-11(17)8-15)13-12(18-13)9-5-3-2-4-6-9/h2-6,12-13H,7-8H2,1H3/t12-,13+/m1/s1. The number of ether oxygens (including phenoxy) is 1. The highest BCUT2D eigenvalue weighted by Crippen LogP contribution is 2.40. The van der Waals surface area contributed by atoms with Crippen LogP contribution in [0.4, 0.5) is 0 Å². The molecule has 2 saturated heterocycles. The van der Waals surface area contributed by atoms with Gasteiger partial charge in [-0.1, -0.05) is 30.3 Å². The third-order valence-corrected chi connectivity index (χ3v) is 3.22.